The van der Waals surface area contributed by atoms with E-state index in [9.17, 15) is 9.59 Å². The maximum absolute atomic E-state index is 12.5. The van der Waals surface area contributed by atoms with E-state index in [4.69, 9.17) is 9.47 Å². The quantitative estimate of drug-likeness (QED) is 0.548. The van der Waals surface area contributed by atoms with Crippen molar-refractivity contribution in [3.8, 4) is 11.8 Å². The van der Waals surface area contributed by atoms with Crippen LogP contribution in [0.1, 0.15) is 72.6 Å². The van der Waals surface area contributed by atoms with Crippen LogP contribution in [0.4, 0.5) is 4.79 Å². The minimum absolute atomic E-state index is 0.0301. The van der Waals surface area contributed by atoms with Gasteiger partial charge in [0, 0.05) is 12.3 Å². The molecule has 0 radical (unpaired) electrons. The van der Waals surface area contributed by atoms with E-state index in [1.165, 1.54) is 12.8 Å². The lowest BCUT2D eigenvalue weighted by atomic mass is 9.82. The number of Topliss-reactive ketones (excluding diaryl/α,β-unsaturated/α-hetero) is 1. The van der Waals surface area contributed by atoms with Gasteiger partial charge in [-0.3, -0.25) is 9.69 Å². The van der Waals surface area contributed by atoms with Gasteiger partial charge in [-0.2, -0.15) is 0 Å². The van der Waals surface area contributed by atoms with Gasteiger partial charge in [-0.1, -0.05) is 25.7 Å². The van der Waals surface area contributed by atoms with Crippen LogP contribution in [0.5, 0.6) is 0 Å². The van der Waals surface area contributed by atoms with E-state index in [1.54, 1.807) is 4.90 Å². The van der Waals surface area contributed by atoms with Crippen LogP contribution in [0.3, 0.4) is 0 Å². The summed E-state index contributed by atoms with van der Waals surface area (Å²) in [5.41, 5.74) is -0.522. The molecule has 2 aliphatic rings. The lowest BCUT2D eigenvalue weighted by molar-refractivity contribution is -0.131. The molecule has 2 bridgehead atoms. The van der Waals surface area contributed by atoms with Crippen molar-refractivity contribution < 1.29 is 19.1 Å². The van der Waals surface area contributed by atoms with E-state index in [0.717, 1.165) is 12.8 Å². The van der Waals surface area contributed by atoms with Crippen molar-refractivity contribution in [2.45, 2.75) is 90.3 Å². The molecule has 2 saturated heterocycles. The Balaban J connectivity index is 1.90. The van der Waals surface area contributed by atoms with Crippen molar-refractivity contribution in [3.05, 3.63) is 0 Å². The Morgan fingerprint density at radius 3 is 2.35 bits per heavy atom. The highest BCUT2D eigenvalue weighted by Crippen LogP contribution is 2.33. The molecule has 5 nitrogen and oxygen atoms in total. The van der Waals surface area contributed by atoms with Crippen LogP contribution in [0, 0.1) is 17.8 Å². The van der Waals surface area contributed by atoms with Gasteiger partial charge < -0.3 is 9.47 Å². The van der Waals surface area contributed by atoms with Gasteiger partial charge in [0.15, 0.2) is 0 Å². The average molecular weight is 363 g/mol. The molecule has 5 heteroatoms. The second kappa shape index (κ2) is 9.41. The van der Waals surface area contributed by atoms with Gasteiger partial charge in [0.2, 0.25) is 0 Å². The van der Waals surface area contributed by atoms with Crippen molar-refractivity contribution >= 4 is 11.9 Å². The van der Waals surface area contributed by atoms with Gasteiger partial charge >= 0.3 is 6.09 Å². The van der Waals surface area contributed by atoms with Crippen LogP contribution in [-0.2, 0) is 14.3 Å². The topological polar surface area (TPSA) is 55.8 Å². The summed E-state index contributed by atoms with van der Waals surface area (Å²) in [6.07, 6.45) is 5.67. The molecule has 2 aliphatic heterocycles. The molecule has 2 atom stereocenters. The first kappa shape index (κ1) is 20.8. The molecule has 2 rings (SSSR count). The number of hydrogen-bond donors (Lipinski definition) is 0. The number of unbranched alkanes of at least 4 members (excludes halogenated alkanes) is 3. The van der Waals surface area contributed by atoms with Crippen LogP contribution in [0.25, 0.3) is 0 Å². The van der Waals surface area contributed by atoms with E-state index in [0.29, 0.717) is 32.5 Å². The summed E-state index contributed by atoms with van der Waals surface area (Å²) < 4.78 is 11.2. The van der Waals surface area contributed by atoms with Crippen LogP contribution in [0.15, 0.2) is 0 Å². The molecule has 0 N–H and O–H groups in total. The largest absolute Gasteiger partial charge is 0.444 e. The highest BCUT2D eigenvalue weighted by molar-refractivity contribution is 5.83. The van der Waals surface area contributed by atoms with Crippen molar-refractivity contribution in [2.24, 2.45) is 5.92 Å². The van der Waals surface area contributed by atoms with Crippen molar-refractivity contribution in [1.29, 1.82) is 0 Å². The van der Waals surface area contributed by atoms with E-state index < -0.39 is 5.60 Å². The number of carbonyl (C=O) groups excluding carboxylic acids is 2. The van der Waals surface area contributed by atoms with Gasteiger partial charge in [-0.05, 0) is 40.0 Å². The predicted molar refractivity (Wildman–Crippen MR) is 101 cm³/mol. The fourth-order valence-electron chi connectivity index (χ4n) is 3.64. The number of fused-ring (bicyclic) bond motifs is 2. The third-order valence-corrected chi connectivity index (χ3v) is 4.87. The first-order valence-electron chi connectivity index (χ1n) is 9.89. The monoisotopic (exact) mass is 363 g/mol. The number of ketones is 1. The molecule has 2 unspecified atom stereocenters. The van der Waals surface area contributed by atoms with Gasteiger partial charge in [-0.15, -0.1) is 5.92 Å². The molecule has 0 aromatic rings. The van der Waals surface area contributed by atoms with E-state index in [1.807, 2.05) is 20.8 Å². The molecule has 146 valence electrons. The molecule has 26 heavy (non-hydrogen) atoms. The zero-order valence-electron chi connectivity index (χ0n) is 16.7. The SMILES string of the molecule is CCCCCC#CCC(=O)C1CC2COCC(C1)N2C(=O)OC(C)(C)C. The number of rotatable bonds is 5. The first-order chi connectivity index (χ1) is 12.3. The number of amides is 1. The van der Waals surface area contributed by atoms with Gasteiger partial charge in [0.1, 0.15) is 11.4 Å². The van der Waals surface area contributed by atoms with Gasteiger partial charge in [-0.25, -0.2) is 4.79 Å². The molecule has 0 spiro atoms. The number of piperidine rings is 1. The molecule has 0 saturated carbocycles. The second-order valence-corrected chi connectivity index (χ2v) is 8.35. The zero-order chi connectivity index (χ0) is 19.2. The molecule has 2 fully saturated rings. The number of hydrogen-bond acceptors (Lipinski definition) is 4. The number of ether oxygens (including phenoxy) is 2. The van der Waals surface area contributed by atoms with Gasteiger partial charge in [0.25, 0.3) is 0 Å². The minimum atomic E-state index is -0.522. The fraction of sp³-hybridized carbons (Fsp3) is 0.810. The highest BCUT2D eigenvalue weighted by atomic mass is 16.6. The Morgan fingerprint density at radius 1 is 1.12 bits per heavy atom. The van der Waals surface area contributed by atoms with Crippen molar-refractivity contribution in [2.75, 3.05) is 13.2 Å². The zero-order valence-corrected chi connectivity index (χ0v) is 16.7. The average Bonchev–Trinajstić information content (AvgIpc) is 2.55. The summed E-state index contributed by atoms with van der Waals surface area (Å²) in [5.74, 6) is 6.32. The maximum Gasteiger partial charge on any atom is 0.410 e. The molecule has 2 heterocycles. The van der Waals surface area contributed by atoms with Crippen molar-refractivity contribution in [3.63, 3.8) is 0 Å². The summed E-state index contributed by atoms with van der Waals surface area (Å²) in [6, 6.07) is -0.160. The Hall–Kier alpha value is -1.54. The third kappa shape index (κ3) is 6.02. The lowest BCUT2D eigenvalue weighted by Crippen LogP contribution is -2.60. The van der Waals surface area contributed by atoms with E-state index in [2.05, 4.69) is 18.8 Å². The molecular formula is C21H33NO4. The van der Waals surface area contributed by atoms with E-state index in [-0.39, 0.29) is 29.9 Å². The lowest BCUT2D eigenvalue weighted by Gasteiger charge is -2.47. The van der Waals surface area contributed by atoms with Crippen LogP contribution >= 0.6 is 0 Å². The smallest absolute Gasteiger partial charge is 0.410 e. The summed E-state index contributed by atoms with van der Waals surface area (Å²) in [6.45, 7) is 8.72. The van der Waals surface area contributed by atoms with Crippen LogP contribution in [-0.4, -0.2) is 47.7 Å². The fourth-order valence-corrected chi connectivity index (χ4v) is 3.64. The molecular weight excluding hydrogens is 330 g/mol. The Bertz CT molecular complexity index is 541. The Morgan fingerprint density at radius 2 is 1.77 bits per heavy atom. The molecule has 0 aromatic carbocycles. The Labute approximate surface area is 157 Å². The number of carbonyl (C=O) groups is 2. The predicted octanol–water partition coefficient (Wildman–Crippen LogP) is 3.94. The molecule has 0 aromatic heterocycles. The maximum atomic E-state index is 12.5. The number of nitrogens with zero attached hydrogens (tertiary/aromatic N) is 1. The summed E-state index contributed by atoms with van der Waals surface area (Å²) >= 11 is 0. The Kier molecular flexibility index (Phi) is 7.52. The van der Waals surface area contributed by atoms with E-state index >= 15 is 0 Å². The first-order valence-corrected chi connectivity index (χ1v) is 9.89. The molecule has 1 amide bonds. The second-order valence-electron chi connectivity index (χ2n) is 8.35. The van der Waals surface area contributed by atoms with Gasteiger partial charge in [0.05, 0.1) is 31.7 Å². The standard InChI is InChI=1S/C21H33NO4/c1-5-6-7-8-9-10-11-19(23)16-12-17-14-25-15-18(13-16)22(17)20(24)26-21(2,3)4/h16-18H,5-8,11-15H2,1-4H3. The molecule has 0 aliphatic carbocycles. The summed E-state index contributed by atoms with van der Waals surface area (Å²) in [4.78, 5) is 26.9. The summed E-state index contributed by atoms with van der Waals surface area (Å²) in [5, 5.41) is 0. The normalized spacial score (nSPS) is 25.2. The number of morpholine rings is 1. The van der Waals surface area contributed by atoms with Crippen molar-refractivity contribution in [1.82, 2.24) is 4.90 Å². The highest BCUT2D eigenvalue weighted by Gasteiger charge is 2.44. The third-order valence-electron chi connectivity index (χ3n) is 4.87. The minimum Gasteiger partial charge on any atom is -0.444 e. The summed E-state index contributed by atoms with van der Waals surface area (Å²) in [7, 11) is 0. The van der Waals surface area contributed by atoms with Crippen LogP contribution < -0.4 is 0 Å². The van der Waals surface area contributed by atoms with Crippen LogP contribution in [0.2, 0.25) is 0 Å².